The molecule has 0 saturated heterocycles. The van der Waals surface area contributed by atoms with E-state index in [1.165, 1.54) is 24.0 Å². The van der Waals surface area contributed by atoms with Gasteiger partial charge in [-0.25, -0.2) is 0 Å². The Hall–Kier alpha value is -0.206. The average Bonchev–Trinajstić information content (AvgIpc) is 2.94. The van der Waals surface area contributed by atoms with Gasteiger partial charge in [0.1, 0.15) is 0 Å². The van der Waals surface area contributed by atoms with Gasteiger partial charge < -0.3 is 12.7 Å². The van der Waals surface area contributed by atoms with Crippen LogP contribution in [0.15, 0.2) is 47.6 Å². The van der Waals surface area contributed by atoms with Crippen molar-refractivity contribution in [3.63, 3.8) is 0 Å². The molecule has 0 spiro atoms. The van der Waals surface area contributed by atoms with Crippen molar-refractivity contribution in [3.05, 3.63) is 65.9 Å². The van der Waals surface area contributed by atoms with Crippen LogP contribution in [0.1, 0.15) is 46.1 Å². The maximum absolute atomic E-state index is 4.89. The molecule has 2 aliphatic rings. The second kappa shape index (κ2) is 11.1. The third kappa shape index (κ3) is 7.28. The van der Waals surface area contributed by atoms with Crippen LogP contribution in [-0.4, -0.2) is 6.54 Å². The van der Waals surface area contributed by atoms with Crippen LogP contribution in [0, 0.1) is 37.5 Å². The predicted molar refractivity (Wildman–Crippen MR) is 118 cm³/mol. The van der Waals surface area contributed by atoms with Gasteiger partial charge in [0.2, 0.25) is 0 Å². The van der Waals surface area contributed by atoms with E-state index in [2.05, 4.69) is 71.0 Å². The van der Waals surface area contributed by atoms with E-state index < -0.39 is 17.0 Å². The van der Waals surface area contributed by atoms with E-state index in [4.69, 9.17) is 23.9 Å². The van der Waals surface area contributed by atoms with Crippen LogP contribution in [0.5, 0.6) is 0 Å². The summed E-state index contributed by atoms with van der Waals surface area (Å²) in [4.78, 5) is 0. The number of rotatable bonds is 3. The monoisotopic (exact) mass is 441 g/mol. The van der Waals surface area contributed by atoms with E-state index in [1.807, 2.05) is 0 Å². The molecule has 4 heteroatoms. The summed E-state index contributed by atoms with van der Waals surface area (Å²) in [6.45, 7) is 12.3. The summed E-state index contributed by atoms with van der Waals surface area (Å²) in [6, 6.07) is 8.56. The molecular formula is C23H33Cl2NTi-2. The number of hydrogen-bond acceptors (Lipinski definition) is 0. The quantitative estimate of drug-likeness (QED) is 0.330. The zero-order valence-electron chi connectivity index (χ0n) is 17.5. The number of halogens is 2. The SMILES string of the molecule is Cc1ccc([N-]CC2=CC(C(C)(C)C)=CC3C[C@H](C)CC23)cc1.[CH3-].[Cl][Ti][Cl]. The molecule has 1 fully saturated rings. The van der Waals surface area contributed by atoms with Gasteiger partial charge in [0, 0.05) is 0 Å². The van der Waals surface area contributed by atoms with Gasteiger partial charge in [0.15, 0.2) is 0 Å². The third-order valence-corrected chi connectivity index (χ3v) is 5.40. The molecule has 0 N–H and O–H groups in total. The third-order valence-electron chi connectivity index (χ3n) is 5.40. The predicted octanol–water partition coefficient (Wildman–Crippen LogP) is 8.40. The van der Waals surface area contributed by atoms with Crippen molar-refractivity contribution in [1.29, 1.82) is 0 Å². The zero-order valence-corrected chi connectivity index (χ0v) is 20.6. The summed E-state index contributed by atoms with van der Waals surface area (Å²) in [7, 11) is 9.78. The molecule has 0 heterocycles. The standard InChI is InChI=1S/C22H30N.CH3.2ClH.Ti/c1-15-6-8-20(9-7-15)23-14-18-13-19(22(3,4)5)12-17-10-16(2)11-21(17)18;;;;/h6-9,12-13,16-17,21H,10-11,14H2,1-5H3;1H3;2*1H;/q2*-1;;;+2/p-2/t16-,17?,21?;;;;/m0..../s1. The van der Waals surface area contributed by atoms with E-state index in [1.54, 1.807) is 5.57 Å². The minimum atomic E-state index is -0.556. The van der Waals surface area contributed by atoms with Crippen LogP contribution in [0.2, 0.25) is 0 Å². The molecule has 27 heavy (non-hydrogen) atoms. The van der Waals surface area contributed by atoms with E-state index in [0.29, 0.717) is 5.92 Å². The summed E-state index contributed by atoms with van der Waals surface area (Å²) in [5.74, 6) is 2.28. The van der Waals surface area contributed by atoms with E-state index >= 15 is 0 Å². The number of allylic oxidation sites excluding steroid dienone is 3. The molecule has 3 rings (SSSR count). The number of nitrogens with zero attached hydrogens (tertiary/aromatic N) is 1. The van der Waals surface area contributed by atoms with Gasteiger partial charge in [-0.3, -0.25) is 0 Å². The molecular weight excluding hydrogens is 409 g/mol. The van der Waals surface area contributed by atoms with Crippen LogP contribution in [0.4, 0.5) is 5.69 Å². The first kappa shape index (κ1) is 24.8. The minimum absolute atomic E-state index is 0. The van der Waals surface area contributed by atoms with E-state index in [0.717, 1.165) is 24.1 Å². The van der Waals surface area contributed by atoms with Crippen LogP contribution in [0.25, 0.3) is 5.32 Å². The Bertz CT molecular complexity index is 643. The second-order valence-corrected chi connectivity index (χ2v) is 11.2. The van der Waals surface area contributed by atoms with Crippen molar-refractivity contribution < 1.29 is 17.0 Å². The molecule has 1 aromatic carbocycles. The molecule has 0 radical (unpaired) electrons. The Morgan fingerprint density at radius 1 is 1.11 bits per heavy atom. The van der Waals surface area contributed by atoms with Gasteiger partial charge >= 0.3 is 35.6 Å². The number of hydrogen-bond donors (Lipinski definition) is 0. The van der Waals surface area contributed by atoms with Crippen molar-refractivity contribution in [1.82, 2.24) is 0 Å². The molecule has 0 aromatic heterocycles. The molecule has 2 unspecified atom stereocenters. The van der Waals surface area contributed by atoms with Crippen LogP contribution in [-0.2, 0) is 17.0 Å². The van der Waals surface area contributed by atoms with Gasteiger partial charge in [-0.1, -0.05) is 75.2 Å². The van der Waals surface area contributed by atoms with Crippen molar-refractivity contribution >= 4 is 24.3 Å². The molecule has 1 aromatic rings. The summed E-state index contributed by atoms with van der Waals surface area (Å²) in [5, 5.41) is 4.88. The molecule has 3 atom stereocenters. The first-order valence-electron chi connectivity index (χ1n) is 9.37. The van der Waals surface area contributed by atoms with Gasteiger partial charge in [0.25, 0.3) is 0 Å². The normalized spacial score (nSPS) is 23.7. The first-order chi connectivity index (χ1) is 12.2. The van der Waals surface area contributed by atoms with Crippen molar-refractivity contribution in [2.45, 2.75) is 47.5 Å². The summed E-state index contributed by atoms with van der Waals surface area (Å²) in [5.41, 5.74) is 5.68. The molecule has 1 nitrogen and oxygen atoms in total. The van der Waals surface area contributed by atoms with Gasteiger partial charge in [0.05, 0.1) is 0 Å². The van der Waals surface area contributed by atoms with Crippen molar-refractivity contribution in [2.24, 2.45) is 23.2 Å². The van der Waals surface area contributed by atoms with Gasteiger partial charge in [-0.15, -0.1) is 12.2 Å². The van der Waals surface area contributed by atoms with Crippen LogP contribution < -0.4 is 0 Å². The molecule has 0 aliphatic heterocycles. The van der Waals surface area contributed by atoms with Crippen LogP contribution in [0.3, 0.4) is 0 Å². The Morgan fingerprint density at radius 3 is 2.26 bits per heavy atom. The Kier molecular flexibility index (Phi) is 10.2. The zero-order chi connectivity index (χ0) is 19.3. The summed E-state index contributed by atoms with van der Waals surface area (Å²) in [6.07, 6.45) is 7.68. The van der Waals surface area contributed by atoms with Crippen molar-refractivity contribution in [2.75, 3.05) is 6.54 Å². The van der Waals surface area contributed by atoms with Crippen LogP contribution >= 0.6 is 18.6 Å². The molecule has 1 saturated carbocycles. The Balaban J connectivity index is 0.000000855. The first-order valence-corrected chi connectivity index (χ1v) is 13.7. The summed E-state index contributed by atoms with van der Waals surface area (Å²) < 4.78 is 0. The Labute approximate surface area is 183 Å². The molecule has 0 bridgehead atoms. The number of aryl methyl sites for hydroxylation is 1. The van der Waals surface area contributed by atoms with Gasteiger partial charge in [-0.05, 0) is 48.5 Å². The number of benzene rings is 1. The second-order valence-electron chi connectivity index (χ2n) is 8.66. The fourth-order valence-corrected chi connectivity index (χ4v) is 3.99. The Morgan fingerprint density at radius 2 is 1.70 bits per heavy atom. The van der Waals surface area contributed by atoms with E-state index in [-0.39, 0.29) is 12.8 Å². The molecule has 0 amide bonds. The van der Waals surface area contributed by atoms with Crippen molar-refractivity contribution in [3.8, 4) is 0 Å². The molecule has 150 valence electrons. The fourth-order valence-electron chi connectivity index (χ4n) is 3.99. The van der Waals surface area contributed by atoms with Gasteiger partial charge in [-0.2, -0.15) is 0 Å². The molecule has 2 aliphatic carbocycles. The number of fused-ring (bicyclic) bond motifs is 1. The summed E-state index contributed by atoms with van der Waals surface area (Å²) >= 11 is -0.556. The van der Waals surface area contributed by atoms with E-state index in [9.17, 15) is 0 Å². The topological polar surface area (TPSA) is 14.1 Å². The average molecular weight is 442 g/mol. The fraction of sp³-hybridized carbons (Fsp3) is 0.522. The maximum atomic E-state index is 4.89.